The molecule has 1 aliphatic rings. The molecule has 0 bridgehead atoms. The number of fused-ring (bicyclic) bond motifs is 2. The summed E-state index contributed by atoms with van der Waals surface area (Å²) in [5, 5.41) is 5.61. The summed E-state index contributed by atoms with van der Waals surface area (Å²) in [4.78, 5) is 4.83. The number of pyridine rings is 1. The van der Waals surface area contributed by atoms with E-state index in [2.05, 4.69) is 29.6 Å². The highest BCUT2D eigenvalue weighted by Gasteiger charge is 2.20. The fourth-order valence-electron chi connectivity index (χ4n) is 3.23. The van der Waals surface area contributed by atoms with Crippen molar-refractivity contribution in [1.29, 1.82) is 0 Å². The lowest BCUT2D eigenvalue weighted by atomic mass is 10.1. The lowest BCUT2D eigenvalue weighted by Gasteiger charge is -2.16. The van der Waals surface area contributed by atoms with Crippen LogP contribution >= 0.6 is 24.0 Å². The summed E-state index contributed by atoms with van der Waals surface area (Å²) in [6.45, 7) is 2.05. The maximum Gasteiger partial charge on any atom is 0.0726 e. The van der Waals surface area contributed by atoms with Gasteiger partial charge in [0.15, 0.2) is 0 Å². The predicted molar refractivity (Wildman–Crippen MR) is 100 cm³/mol. The molecular weight excluding hydrogens is 327 g/mol. The molecule has 0 radical (unpaired) electrons. The standard InChI is InChI=1S/C19H17ClN2.ClH/c1-12-15(20)8-5-10-16(12)22-19-13-6-2-3-9-17(13)21-18-11-4-7-14(18)19;/h2-3,5-6,8-10H,4,7,11H2,1H3,(H,21,22);1H. The number of anilines is 2. The summed E-state index contributed by atoms with van der Waals surface area (Å²) in [5.41, 5.74) is 7.00. The molecular formula is C19H18Cl2N2. The molecule has 1 heterocycles. The fraction of sp³-hybridized carbons (Fsp3) is 0.211. The van der Waals surface area contributed by atoms with E-state index < -0.39 is 0 Å². The lowest BCUT2D eigenvalue weighted by Crippen LogP contribution is -2.01. The number of nitrogens with one attached hydrogen (secondary N) is 1. The summed E-state index contributed by atoms with van der Waals surface area (Å²) in [6.07, 6.45) is 3.35. The molecule has 1 aromatic heterocycles. The highest BCUT2D eigenvalue weighted by atomic mass is 35.5. The van der Waals surface area contributed by atoms with Crippen molar-refractivity contribution in [2.24, 2.45) is 0 Å². The van der Waals surface area contributed by atoms with Crippen molar-refractivity contribution in [3.05, 3.63) is 64.3 Å². The monoisotopic (exact) mass is 344 g/mol. The smallest absolute Gasteiger partial charge is 0.0726 e. The number of para-hydroxylation sites is 1. The second-order valence-electron chi connectivity index (χ2n) is 5.82. The van der Waals surface area contributed by atoms with Crippen molar-refractivity contribution in [2.75, 3.05) is 5.32 Å². The minimum absolute atomic E-state index is 0. The van der Waals surface area contributed by atoms with E-state index in [0.717, 1.165) is 34.6 Å². The molecule has 1 aliphatic carbocycles. The second-order valence-corrected chi connectivity index (χ2v) is 6.23. The van der Waals surface area contributed by atoms with Crippen LogP contribution in [-0.4, -0.2) is 4.98 Å². The topological polar surface area (TPSA) is 24.9 Å². The summed E-state index contributed by atoms with van der Waals surface area (Å²) in [6, 6.07) is 14.3. The van der Waals surface area contributed by atoms with Gasteiger partial charge in [0.2, 0.25) is 0 Å². The second kappa shape index (κ2) is 6.38. The molecule has 0 fully saturated rings. The van der Waals surface area contributed by atoms with E-state index in [1.165, 1.54) is 28.8 Å². The Bertz CT molecular complexity index is 875. The predicted octanol–water partition coefficient (Wildman–Crippen LogP) is 5.85. The van der Waals surface area contributed by atoms with Gasteiger partial charge in [-0.2, -0.15) is 0 Å². The maximum absolute atomic E-state index is 6.26. The Kier molecular flexibility index (Phi) is 4.47. The Hall–Kier alpha value is -1.77. The number of hydrogen-bond donors (Lipinski definition) is 1. The molecule has 0 atom stereocenters. The van der Waals surface area contributed by atoms with Gasteiger partial charge in [0.05, 0.1) is 11.2 Å². The van der Waals surface area contributed by atoms with Crippen molar-refractivity contribution >= 4 is 46.3 Å². The van der Waals surface area contributed by atoms with Crippen molar-refractivity contribution in [3.63, 3.8) is 0 Å². The van der Waals surface area contributed by atoms with Crippen LogP contribution in [0.1, 0.15) is 23.2 Å². The molecule has 0 amide bonds. The molecule has 118 valence electrons. The van der Waals surface area contributed by atoms with Crippen LogP contribution in [0, 0.1) is 6.92 Å². The molecule has 4 heteroatoms. The van der Waals surface area contributed by atoms with E-state index >= 15 is 0 Å². The Morgan fingerprint density at radius 1 is 1.04 bits per heavy atom. The average Bonchev–Trinajstić information content (AvgIpc) is 2.99. The number of aryl methyl sites for hydroxylation is 1. The fourth-order valence-corrected chi connectivity index (χ4v) is 3.41. The van der Waals surface area contributed by atoms with Gasteiger partial charge in [-0.25, -0.2) is 0 Å². The Balaban J connectivity index is 0.00000156. The molecule has 0 saturated heterocycles. The molecule has 1 N–H and O–H groups in total. The van der Waals surface area contributed by atoms with E-state index in [9.17, 15) is 0 Å². The number of hydrogen-bond acceptors (Lipinski definition) is 2. The van der Waals surface area contributed by atoms with E-state index in [-0.39, 0.29) is 12.4 Å². The molecule has 2 nitrogen and oxygen atoms in total. The van der Waals surface area contributed by atoms with Crippen LogP contribution in [0.15, 0.2) is 42.5 Å². The highest BCUT2D eigenvalue weighted by Crippen LogP contribution is 2.37. The van der Waals surface area contributed by atoms with Gasteiger partial charge in [0.25, 0.3) is 0 Å². The first-order chi connectivity index (χ1) is 10.7. The SMILES string of the molecule is Cc1c(Cl)cccc1Nc1c2c(nc3ccccc13)CCC2.Cl. The first-order valence-electron chi connectivity index (χ1n) is 7.66. The number of benzene rings is 2. The zero-order valence-corrected chi connectivity index (χ0v) is 14.5. The van der Waals surface area contributed by atoms with E-state index in [0.29, 0.717) is 0 Å². The van der Waals surface area contributed by atoms with Crippen LogP contribution in [0.2, 0.25) is 5.02 Å². The number of aromatic nitrogens is 1. The molecule has 0 aliphatic heterocycles. The summed E-state index contributed by atoms with van der Waals surface area (Å²) in [5.74, 6) is 0. The quantitative estimate of drug-likeness (QED) is 0.630. The van der Waals surface area contributed by atoms with Crippen LogP contribution in [0.3, 0.4) is 0 Å². The Morgan fingerprint density at radius 3 is 2.74 bits per heavy atom. The molecule has 0 unspecified atom stereocenters. The van der Waals surface area contributed by atoms with Crippen LogP contribution in [0.25, 0.3) is 10.9 Å². The third-order valence-corrected chi connectivity index (χ3v) is 4.86. The molecule has 23 heavy (non-hydrogen) atoms. The van der Waals surface area contributed by atoms with Crippen LogP contribution in [0.4, 0.5) is 11.4 Å². The molecule has 0 spiro atoms. The third-order valence-electron chi connectivity index (χ3n) is 4.45. The normalized spacial score (nSPS) is 12.8. The zero-order chi connectivity index (χ0) is 15.1. The van der Waals surface area contributed by atoms with Crippen molar-refractivity contribution in [3.8, 4) is 0 Å². The van der Waals surface area contributed by atoms with Gasteiger partial charge in [0.1, 0.15) is 0 Å². The molecule has 0 saturated carbocycles. The van der Waals surface area contributed by atoms with Crippen LogP contribution in [-0.2, 0) is 12.8 Å². The number of halogens is 2. The van der Waals surface area contributed by atoms with Gasteiger partial charge in [-0.05, 0) is 55.5 Å². The van der Waals surface area contributed by atoms with Crippen LogP contribution < -0.4 is 5.32 Å². The van der Waals surface area contributed by atoms with Gasteiger partial charge in [-0.1, -0.05) is 35.9 Å². The van der Waals surface area contributed by atoms with Crippen molar-refractivity contribution < 1.29 is 0 Å². The number of rotatable bonds is 2. The third kappa shape index (κ3) is 2.77. The van der Waals surface area contributed by atoms with Crippen molar-refractivity contribution in [1.82, 2.24) is 4.98 Å². The van der Waals surface area contributed by atoms with Gasteiger partial charge >= 0.3 is 0 Å². The summed E-state index contributed by atoms with van der Waals surface area (Å²) in [7, 11) is 0. The van der Waals surface area contributed by atoms with Gasteiger partial charge in [-0.3, -0.25) is 4.98 Å². The minimum atomic E-state index is 0. The van der Waals surface area contributed by atoms with E-state index in [1.54, 1.807) is 0 Å². The van der Waals surface area contributed by atoms with Crippen LogP contribution in [0.5, 0.6) is 0 Å². The molecule has 3 aromatic rings. The molecule has 4 rings (SSSR count). The lowest BCUT2D eigenvalue weighted by molar-refractivity contribution is 0.901. The first kappa shape index (κ1) is 16.1. The van der Waals surface area contributed by atoms with E-state index in [4.69, 9.17) is 16.6 Å². The Morgan fingerprint density at radius 2 is 1.87 bits per heavy atom. The average molecular weight is 345 g/mol. The summed E-state index contributed by atoms with van der Waals surface area (Å²) < 4.78 is 0. The van der Waals surface area contributed by atoms with Gasteiger partial charge < -0.3 is 5.32 Å². The first-order valence-corrected chi connectivity index (χ1v) is 8.04. The summed E-state index contributed by atoms with van der Waals surface area (Å²) >= 11 is 6.26. The van der Waals surface area contributed by atoms with E-state index in [1.807, 2.05) is 25.1 Å². The zero-order valence-electron chi connectivity index (χ0n) is 12.9. The minimum Gasteiger partial charge on any atom is -0.354 e. The van der Waals surface area contributed by atoms with Gasteiger partial charge in [-0.15, -0.1) is 12.4 Å². The highest BCUT2D eigenvalue weighted by molar-refractivity contribution is 6.31. The van der Waals surface area contributed by atoms with Crippen molar-refractivity contribution in [2.45, 2.75) is 26.2 Å². The number of nitrogens with zero attached hydrogens (tertiary/aromatic N) is 1. The molecule has 2 aromatic carbocycles. The maximum atomic E-state index is 6.26. The largest absolute Gasteiger partial charge is 0.354 e. The Labute approximate surface area is 147 Å². The van der Waals surface area contributed by atoms with Gasteiger partial charge in [0, 0.05) is 21.8 Å².